The summed E-state index contributed by atoms with van der Waals surface area (Å²) in [4.78, 5) is 0. The second-order valence-corrected chi connectivity index (χ2v) is 10.6. The van der Waals surface area contributed by atoms with Crippen LogP contribution in [-0.4, -0.2) is 0 Å². The molecule has 0 atom stereocenters. The molecule has 1 aliphatic heterocycles. The predicted octanol–water partition coefficient (Wildman–Crippen LogP) is 10.3. The molecule has 6 aromatic rings. The summed E-state index contributed by atoms with van der Waals surface area (Å²) in [5.41, 5.74) is 9.64. The minimum atomic E-state index is -0.0925. The van der Waals surface area contributed by atoms with Gasteiger partial charge in [-0.1, -0.05) is 135 Å². The maximum atomic E-state index is 6.34. The van der Waals surface area contributed by atoms with Gasteiger partial charge in [-0.15, -0.1) is 0 Å². The normalized spacial score (nSPS) is 13.4. The molecule has 0 fully saturated rings. The summed E-state index contributed by atoms with van der Waals surface area (Å²) in [5.74, 6) is 1.89. The van der Waals surface area contributed by atoms with Crippen molar-refractivity contribution in [3.05, 3.63) is 145 Å². The summed E-state index contributed by atoms with van der Waals surface area (Å²) < 4.78 is 6.34. The fourth-order valence-electron chi connectivity index (χ4n) is 5.81. The molecule has 0 saturated heterocycles. The van der Waals surface area contributed by atoms with Crippen molar-refractivity contribution < 1.29 is 4.74 Å². The van der Waals surface area contributed by atoms with Crippen LogP contribution in [0.1, 0.15) is 25.0 Å². The molecule has 1 aliphatic rings. The molecule has 38 heavy (non-hydrogen) atoms. The highest BCUT2D eigenvalue weighted by molar-refractivity contribution is 5.96. The number of rotatable bonds is 3. The Morgan fingerprint density at radius 3 is 1.76 bits per heavy atom. The van der Waals surface area contributed by atoms with E-state index in [0.29, 0.717) is 0 Å². The van der Waals surface area contributed by atoms with Crippen LogP contribution in [0.3, 0.4) is 0 Å². The summed E-state index contributed by atoms with van der Waals surface area (Å²) in [5, 5.41) is 2.55. The first-order valence-corrected chi connectivity index (χ1v) is 13.2. The molecule has 182 valence electrons. The molecular weight excluding hydrogens is 460 g/mol. The lowest BCUT2D eigenvalue weighted by atomic mass is 9.75. The van der Waals surface area contributed by atoms with E-state index in [0.717, 1.165) is 17.1 Å². The smallest absolute Gasteiger partial charge is 0.132 e. The third-order valence-electron chi connectivity index (χ3n) is 7.97. The van der Waals surface area contributed by atoms with Crippen molar-refractivity contribution in [3.8, 4) is 44.9 Å². The van der Waals surface area contributed by atoms with E-state index in [4.69, 9.17) is 4.74 Å². The largest absolute Gasteiger partial charge is 0.457 e. The lowest BCUT2D eigenvalue weighted by molar-refractivity contribution is 0.418. The van der Waals surface area contributed by atoms with Gasteiger partial charge >= 0.3 is 0 Å². The van der Waals surface area contributed by atoms with Crippen LogP contribution in [0.15, 0.2) is 133 Å². The Morgan fingerprint density at radius 2 is 1.00 bits per heavy atom. The predicted molar refractivity (Wildman–Crippen MR) is 159 cm³/mol. The van der Waals surface area contributed by atoms with E-state index in [2.05, 4.69) is 141 Å². The number of ether oxygens (including phenoxy) is 1. The minimum Gasteiger partial charge on any atom is -0.457 e. The first-order chi connectivity index (χ1) is 18.6. The molecule has 0 saturated carbocycles. The van der Waals surface area contributed by atoms with Crippen molar-refractivity contribution in [2.24, 2.45) is 0 Å². The van der Waals surface area contributed by atoms with Crippen LogP contribution < -0.4 is 4.74 Å². The molecule has 0 unspecified atom stereocenters. The van der Waals surface area contributed by atoms with Crippen LogP contribution in [0.4, 0.5) is 0 Å². The van der Waals surface area contributed by atoms with Crippen molar-refractivity contribution >= 4 is 10.8 Å². The van der Waals surface area contributed by atoms with Gasteiger partial charge in [-0.3, -0.25) is 0 Å². The van der Waals surface area contributed by atoms with Gasteiger partial charge in [0.15, 0.2) is 0 Å². The number of benzene rings is 6. The third-order valence-corrected chi connectivity index (χ3v) is 7.97. The molecule has 1 nitrogen and oxygen atoms in total. The van der Waals surface area contributed by atoms with Gasteiger partial charge in [-0.2, -0.15) is 0 Å². The highest BCUT2D eigenvalue weighted by atomic mass is 16.5. The standard InChI is InChI=1S/C37H28O/c1-37(2)33-12-5-6-13-35(33)38-36-24-30(22-23-34(36)37)27-16-14-25(15-17-27)26-18-20-29(21-19-26)32-11-7-9-28-8-3-4-10-31(28)32/h3-24H,1-2H3. The fourth-order valence-corrected chi connectivity index (χ4v) is 5.81. The molecule has 7 rings (SSSR count). The van der Waals surface area contributed by atoms with Crippen molar-refractivity contribution in [3.63, 3.8) is 0 Å². The first-order valence-electron chi connectivity index (χ1n) is 13.2. The minimum absolute atomic E-state index is 0.0925. The average molecular weight is 489 g/mol. The fraction of sp³-hybridized carbons (Fsp3) is 0.0811. The summed E-state index contributed by atoms with van der Waals surface area (Å²) >= 11 is 0. The van der Waals surface area contributed by atoms with Crippen molar-refractivity contribution in [2.45, 2.75) is 19.3 Å². The molecule has 6 aromatic carbocycles. The number of para-hydroxylation sites is 1. The zero-order valence-corrected chi connectivity index (χ0v) is 21.6. The Bertz CT molecular complexity index is 1790. The van der Waals surface area contributed by atoms with E-state index >= 15 is 0 Å². The number of hydrogen-bond acceptors (Lipinski definition) is 1. The quantitative estimate of drug-likeness (QED) is 0.241. The second-order valence-electron chi connectivity index (χ2n) is 10.6. The zero-order valence-electron chi connectivity index (χ0n) is 21.6. The maximum Gasteiger partial charge on any atom is 0.132 e. The van der Waals surface area contributed by atoms with E-state index in [1.807, 2.05) is 6.07 Å². The molecule has 1 heterocycles. The summed E-state index contributed by atoms with van der Waals surface area (Å²) in [7, 11) is 0. The topological polar surface area (TPSA) is 9.23 Å². The molecular formula is C37H28O. The summed E-state index contributed by atoms with van der Waals surface area (Å²) in [6.45, 7) is 4.54. The molecule has 0 radical (unpaired) electrons. The van der Waals surface area contributed by atoms with Crippen molar-refractivity contribution in [1.82, 2.24) is 0 Å². The van der Waals surface area contributed by atoms with Gasteiger partial charge in [-0.25, -0.2) is 0 Å². The lowest BCUT2D eigenvalue weighted by Crippen LogP contribution is -2.24. The van der Waals surface area contributed by atoms with Crippen LogP contribution in [0.2, 0.25) is 0 Å². The van der Waals surface area contributed by atoms with E-state index < -0.39 is 0 Å². The van der Waals surface area contributed by atoms with Gasteiger partial charge in [-0.05, 0) is 56.3 Å². The van der Waals surface area contributed by atoms with Crippen molar-refractivity contribution in [1.29, 1.82) is 0 Å². The summed E-state index contributed by atoms with van der Waals surface area (Å²) in [6, 6.07) is 47.8. The Hall–Kier alpha value is -4.62. The van der Waals surface area contributed by atoms with Gasteiger partial charge < -0.3 is 4.74 Å². The molecule has 0 amide bonds. The summed E-state index contributed by atoms with van der Waals surface area (Å²) in [6.07, 6.45) is 0. The van der Waals surface area contributed by atoms with Gasteiger partial charge in [0, 0.05) is 16.5 Å². The second kappa shape index (κ2) is 8.75. The third kappa shape index (κ3) is 3.71. The molecule has 0 aliphatic carbocycles. The van der Waals surface area contributed by atoms with Crippen LogP contribution in [0.5, 0.6) is 11.5 Å². The molecule has 0 N–H and O–H groups in total. The number of fused-ring (bicyclic) bond motifs is 3. The Kier molecular flexibility index (Phi) is 5.19. The van der Waals surface area contributed by atoms with Crippen LogP contribution in [0, 0.1) is 0 Å². The van der Waals surface area contributed by atoms with Gasteiger partial charge in [0.2, 0.25) is 0 Å². The Balaban J connectivity index is 1.17. The van der Waals surface area contributed by atoms with Crippen molar-refractivity contribution in [2.75, 3.05) is 0 Å². The SMILES string of the molecule is CC1(C)c2ccccc2Oc2cc(-c3ccc(-c4ccc(-c5cccc6ccccc56)cc4)cc3)ccc21. The van der Waals surface area contributed by atoms with Gasteiger partial charge in [0.1, 0.15) is 11.5 Å². The lowest BCUT2D eigenvalue weighted by Gasteiger charge is -2.34. The molecule has 0 aromatic heterocycles. The zero-order chi connectivity index (χ0) is 25.7. The van der Waals surface area contributed by atoms with E-state index in [1.54, 1.807) is 0 Å². The van der Waals surface area contributed by atoms with Crippen LogP contribution in [-0.2, 0) is 5.41 Å². The van der Waals surface area contributed by atoms with E-state index in [-0.39, 0.29) is 5.41 Å². The highest BCUT2D eigenvalue weighted by Crippen LogP contribution is 2.48. The average Bonchev–Trinajstić information content (AvgIpc) is 2.97. The first kappa shape index (κ1) is 22.6. The van der Waals surface area contributed by atoms with Gasteiger partial charge in [0.05, 0.1) is 0 Å². The molecule has 0 spiro atoms. The van der Waals surface area contributed by atoms with Gasteiger partial charge in [0.25, 0.3) is 0 Å². The van der Waals surface area contributed by atoms with Crippen LogP contribution >= 0.6 is 0 Å². The molecule has 1 heteroatoms. The molecule has 0 bridgehead atoms. The van der Waals surface area contributed by atoms with E-state index in [9.17, 15) is 0 Å². The van der Waals surface area contributed by atoms with Crippen LogP contribution in [0.25, 0.3) is 44.2 Å². The Morgan fingerprint density at radius 1 is 0.447 bits per heavy atom. The maximum absolute atomic E-state index is 6.34. The van der Waals surface area contributed by atoms with E-state index in [1.165, 1.54) is 49.7 Å². The Labute approximate surface area is 224 Å². The number of hydrogen-bond donors (Lipinski definition) is 0. The monoisotopic (exact) mass is 488 g/mol. The highest BCUT2D eigenvalue weighted by Gasteiger charge is 2.33.